The van der Waals surface area contributed by atoms with E-state index >= 15 is 0 Å². The van der Waals surface area contributed by atoms with Crippen molar-refractivity contribution in [2.75, 3.05) is 39.4 Å². The van der Waals surface area contributed by atoms with Gasteiger partial charge in [-0.25, -0.2) is 4.79 Å². The van der Waals surface area contributed by atoms with Gasteiger partial charge in [0.15, 0.2) is 0 Å². The number of phenols is 1. The van der Waals surface area contributed by atoms with Crippen LogP contribution in [0.5, 0.6) is 5.75 Å². The number of hydrogen-bond acceptors (Lipinski definition) is 4. The molecule has 0 saturated carbocycles. The fourth-order valence-corrected chi connectivity index (χ4v) is 3.25. The Morgan fingerprint density at radius 3 is 2.44 bits per heavy atom. The largest absolute Gasteiger partial charge is 0.507 e. The summed E-state index contributed by atoms with van der Waals surface area (Å²) in [6.45, 7) is 5.42. The van der Waals surface area contributed by atoms with Gasteiger partial charge in [0.25, 0.3) is 5.91 Å². The van der Waals surface area contributed by atoms with Gasteiger partial charge >= 0.3 is 6.03 Å². The molecule has 0 bridgehead atoms. The molecule has 0 spiro atoms. The molecular formula is C18H25N3O4. The zero-order valence-electron chi connectivity index (χ0n) is 14.5. The maximum absolute atomic E-state index is 12.6. The van der Waals surface area contributed by atoms with Crippen LogP contribution in [0, 0.1) is 6.92 Å². The second-order valence-corrected chi connectivity index (χ2v) is 6.64. The van der Waals surface area contributed by atoms with Crippen LogP contribution in [-0.2, 0) is 4.74 Å². The fourth-order valence-electron chi connectivity index (χ4n) is 3.25. The highest BCUT2D eigenvalue weighted by atomic mass is 16.5. The number of nitrogens with zero attached hydrogens (tertiary/aromatic N) is 2. The van der Waals surface area contributed by atoms with Gasteiger partial charge in [0.2, 0.25) is 0 Å². The molecule has 0 aromatic heterocycles. The highest BCUT2D eigenvalue weighted by Gasteiger charge is 2.27. The molecule has 2 heterocycles. The maximum atomic E-state index is 12.6. The molecule has 7 heteroatoms. The highest BCUT2D eigenvalue weighted by molar-refractivity contribution is 5.97. The number of aryl methyl sites for hydroxylation is 1. The van der Waals surface area contributed by atoms with Crippen LogP contribution in [0.1, 0.15) is 28.8 Å². The van der Waals surface area contributed by atoms with Crippen molar-refractivity contribution in [3.63, 3.8) is 0 Å². The van der Waals surface area contributed by atoms with Crippen molar-refractivity contribution in [1.29, 1.82) is 0 Å². The summed E-state index contributed by atoms with van der Waals surface area (Å²) in [5.74, 6) is -0.136. The van der Waals surface area contributed by atoms with Gasteiger partial charge in [0.1, 0.15) is 5.75 Å². The molecule has 7 nitrogen and oxygen atoms in total. The molecule has 3 amide bonds. The van der Waals surface area contributed by atoms with Crippen molar-refractivity contribution in [1.82, 2.24) is 15.1 Å². The molecule has 2 fully saturated rings. The Morgan fingerprint density at radius 2 is 1.80 bits per heavy atom. The number of hydrogen-bond donors (Lipinski definition) is 2. The fraction of sp³-hybridized carbons (Fsp3) is 0.556. The van der Waals surface area contributed by atoms with Gasteiger partial charge in [-0.05, 0) is 37.5 Å². The summed E-state index contributed by atoms with van der Waals surface area (Å²) in [6.07, 6.45) is 1.43. The molecule has 2 aliphatic rings. The Balaban J connectivity index is 1.51. The van der Waals surface area contributed by atoms with E-state index in [1.807, 2.05) is 13.0 Å². The van der Waals surface area contributed by atoms with E-state index in [-0.39, 0.29) is 23.7 Å². The molecule has 136 valence electrons. The number of rotatable bonds is 2. The minimum absolute atomic E-state index is 0.0211. The minimum Gasteiger partial charge on any atom is -0.507 e. The van der Waals surface area contributed by atoms with Crippen LogP contribution >= 0.6 is 0 Å². The Hall–Kier alpha value is -2.28. The lowest BCUT2D eigenvalue weighted by molar-refractivity contribution is 0.0512. The number of carbonyl (C=O) groups excluding carboxylic acids is 2. The van der Waals surface area contributed by atoms with Crippen molar-refractivity contribution >= 4 is 11.9 Å². The highest BCUT2D eigenvalue weighted by Crippen LogP contribution is 2.22. The summed E-state index contributed by atoms with van der Waals surface area (Å²) in [5, 5.41) is 13.0. The van der Waals surface area contributed by atoms with Crippen LogP contribution in [0.3, 0.4) is 0 Å². The summed E-state index contributed by atoms with van der Waals surface area (Å²) in [5.41, 5.74) is 1.25. The van der Waals surface area contributed by atoms with Gasteiger partial charge in [-0.2, -0.15) is 0 Å². The van der Waals surface area contributed by atoms with Crippen LogP contribution in [0.2, 0.25) is 0 Å². The summed E-state index contributed by atoms with van der Waals surface area (Å²) in [6, 6.07) is 5.11. The molecule has 2 aliphatic heterocycles. The van der Waals surface area contributed by atoms with Gasteiger partial charge in [-0.15, -0.1) is 0 Å². The van der Waals surface area contributed by atoms with E-state index in [0.29, 0.717) is 57.8 Å². The topological polar surface area (TPSA) is 82.1 Å². The number of urea groups is 1. The van der Waals surface area contributed by atoms with Crippen molar-refractivity contribution in [2.45, 2.75) is 25.8 Å². The number of likely N-dealkylation sites (tertiary alicyclic amines) is 1. The first-order valence-electron chi connectivity index (χ1n) is 8.76. The van der Waals surface area contributed by atoms with Gasteiger partial charge < -0.3 is 25.0 Å². The molecule has 0 atom stereocenters. The van der Waals surface area contributed by atoms with E-state index in [1.165, 1.54) is 0 Å². The zero-order chi connectivity index (χ0) is 17.8. The van der Waals surface area contributed by atoms with E-state index in [9.17, 15) is 14.7 Å². The Morgan fingerprint density at radius 1 is 1.12 bits per heavy atom. The van der Waals surface area contributed by atoms with Crippen LogP contribution in [0.4, 0.5) is 4.79 Å². The third-order valence-corrected chi connectivity index (χ3v) is 4.79. The quantitative estimate of drug-likeness (QED) is 0.846. The summed E-state index contributed by atoms with van der Waals surface area (Å²) in [7, 11) is 0. The van der Waals surface area contributed by atoms with Gasteiger partial charge in [0.05, 0.1) is 18.8 Å². The van der Waals surface area contributed by atoms with E-state index in [2.05, 4.69) is 5.32 Å². The number of morpholine rings is 1. The Bertz CT molecular complexity index is 635. The molecule has 2 N–H and O–H groups in total. The molecule has 2 saturated heterocycles. The number of nitrogens with one attached hydrogen (secondary N) is 1. The molecule has 0 radical (unpaired) electrons. The van der Waals surface area contributed by atoms with E-state index in [1.54, 1.807) is 21.9 Å². The Kier molecular flexibility index (Phi) is 5.43. The number of phenolic OH excluding ortho intramolecular Hbond substituents is 1. The van der Waals surface area contributed by atoms with Gasteiger partial charge in [0, 0.05) is 32.2 Å². The normalized spacial score (nSPS) is 18.9. The number of aromatic hydroxyl groups is 1. The van der Waals surface area contributed by atoms with E-state index < -0.39 is 0 Å². The Labute approximate surface area is 147 Å². The van der Waals surface area contributed by atoms with E-state index in [4.69, 9.17) is 4.74 Å². The van der Waals surface area contributed by atoms with Crippen LogP contribution in [0.15, 0.2) is 18.2 Å². The summed E-state index contributed by atoms with van der Waals surface area (Å²) in [4.78, 5) is 28.3. The molecule has 1 aromatic rings. The zero-order valence-corrected chi connectivity index (χ0v) is 14.5. The lowest BCUT2D eigenvalue weighted by Gasteiger charge is -2.34. The number of carbonyl (C=O) groups is 2. The second-order valence-electron chi connectivity index (χ2n) is 6.64. The smallest absolute Gasteiger partial charge is 0.317 e. The maximum Gasteiger partial charge on any atom is 0.317 e. The lowest BCUT2D eigenvalue weighted by atomic mass is 10.0. The summed E-state index contributed by atoms with van der Waals surface area (Å²) >= 11 is 0. The van der Waals surface area contributed by atoms with Crippen molar-refractivity contribution in [3.8, 4) is 5.75 Å². The second kappa shape index (κ2) is 7.74. The van der Waals surface area contributed by atoms with Crippen LogP contribution in [-0.4, -0.2) is 72.3 Å². The van der Waals surface area contributed by atoms with Crippen LogP contribution in [0.25, 0.3) is 0 Å². The SMILES string of the molecule is Cc1ccc(C(=O)N2CCC(NC(=O)N3CCOCC3)CC2)c(O)c1. The predicted molar refractivity (Wildman–Crippen MR) is 92.7 cm³/mol. The first-order chi connectivity index (χ1) is 12.0. The van der Waals surface area contributed by atoms with Crippen molar-refractivity contribution in [3.05, 3.63) is 29.3 Å². The minimum atomic E-state index is -0.157. The van der Waals surface area contributed by atoms with Gasteiger partial charge in [-0.3, -0.25) is 4.79 Å². The first-order valence-corrected chi connectivity index (χ1v) is 8.76. The van der Waals surface area contributed by atoms with Crippen LogP contribution < -0.4 is 5.32 Å². The number of ether oxygens (including phenoxy) is 1. The van der Waals surface area contributed by atoms with Gasteiger partial charge in [-0.1, -0.05) is 6.07 Å². The third-order valence-electron chi connectivity index (χ3n) is 4.79. The van der Waals surface area contributed by atoms with E-state index in [0.717, 1.165) is 5.56 Å². The lowest BCUT2D eigenvalue weighted by Crippen LogP contribution is -2.52. The monoisotopic (exact) mass is 347 g/mol. The predicted octanol–water partition coefficient (Wildman–Crippen LogP) is 1.35. The molecule has 25 heavy (non-hydrogen) atoms. The molecular weight excluding hydrogens is 322 g/mol. The number of piperidine rings is 1. The van der Waals surface area contributed by atoms with Crippen molar-refractivity contribution < 1.29 is 19.4 Å². The van der Waals surface area contributed by atoms with Crippen molar-refractivity contribution in [2.24, 2.45) is 0 Å². The number of amides is 3. The standard InChI is InChI=1S/C18H25N3O4/c1-13-2-3-15(16(22)12-13)17(23)20-6-4-14(5-7-20)19-18(24)21-8-10-25-11-9-21/h2-3,12,14,22H,4-11H2,1H3,(H,19,24). The average Bonchev–Trinajstić information content (AvgIpc) is 2.62. The molecule has 0 aliphatic carbocycles. The molecule has 1 aromatic carbocycles. The first kappa shape index (κ1) is 17.5. The number of benzene rings is 1. The summed E-state index contributed by atoms with van der Waals surface area (Å²) < 4.78 is 5.25. The average molecular weight is 347 g/mol. The molecule has 3 rings (SSSR count). The third kappa shape index (κ3) is 4.22. The molecule has 0 unspecified atom stereocenters.